The van der Waals surface area contributed by atoms with E-state index in [0.717, 1.165) is 0 Å². The van der Waals surface area contributed by atoms with Crippen LogP contribution in [-0.2, 0) is 10.8 Å². The van der Waals surface area contributed by atoms with Crippen LogP contribution >= 0.6 is 0 Å². The van der Waals surface area contributed by atoms with Crippen molar-refractivity contribution in [3.8, 4) is 0 Å². The molecule has 1 aromatic carbocycles. The van der Waals surface area contributed by atoms with Gasteiger partial charge in [0, 0.05) is 4.90 Å². The molecule has 0 aliphatic heterocycles. The van der Waals surface area contributed by atoms with Crippen molar-refractivity contribution in [1.82, 2.24) is 0 Å². The summed E-state index contributed by atoms with van der Waals surface area (Å²) in [6, 6.07) is 5.57. The Morgan fingerprint density at radius 1 is 1.31 bits per heavy atom. The highest BCUT2D eigenvalue weighted by molar-refractivity contribution is 7.86. The van der Waals surface area contributed by atoms with Crippen LogP contribution in [0.3, 0.4) is 0 Å². The number of hydrogen-bond acceptors (Lipinski definition) is 1. The number of alkyl halides is 3. The molecule has 1 rings (SSSR count). The molecule has 0 saturated carbocycles. The van der Waals surface area contributed by atoms with Crippen LogP contribution in [0.5, 0.6) is 0 Å². The summed E-state index contributed by atoms with van der Waals surface area (Å²) in [4.78, 5) is -0.201. The molecule has 0 N–H and O–H groups in total. The van der Waals surface area contributed by atoms with E-state index in [1.54, 1.807) is 13.0 Å². The summed E-state index contributed by atoms with van der Waals surface area (Å²) in [7, 11) is -2.91. The Balaban J connectivity index is 3.03. The largest absolute Gasteiger partial charge is 0.475 e. The summed E-state index contributed by atoms with van der Waals surface area (Å²) < 4.78 is 46.7. The molecule has 13 heavy (non-hydrogen) atoms. The van der Waals surface area contributed by atoms with Gasteiger partial charge in [0.15, 0.2) is 10.8 Å². The molecule has 5 heteroatoms. The first-order valence-electron chi connectivity index (χ1n) is 3.46. The molecular formula is C8H7F3OS. The number of benzene rings is 1. The molecular weight excluding hydrogens is 201 g/mol. The maximum atomic E-state index is 12.0. The Morgan fingerprint density at radius 3 is 2.38 bits per heavy atom. The van der Waals surface area contributed by atoms with Crippen LogP contribution in [-0.4, -0.2) is 9.72 Å². The molecule has 0 heterocycles. The fourth-order valence-electron chi connectivity index (χ4n) is 0.864. The molecule has 0 aliphatic carbocycles. The van der Waals surface area contributed by atoms with Gasteiger partial charge in [-0.15, -0.1) is 0 Å². The van der Waals surface area contributed by atoms with Crippen LogP contribution in [0.4, 0.5) is 13.2 Å². The van der Waals surface area contributed by atoms with E-state index in [0.29, 0.717) is 5.56 Å². The zero-order chi connectivity index (χ0) is 10.1. The summed E-state index contributed by atoms with van der Waals surface area (Å²) in [5, 5.41) is 0. The van der Waals surface area contributed by atoms with Gasteiger partial charge >= 0.3 is 5.51 Å². The summed E-state index contributed by atoms with van der Waals surface area (Å²) in [6.45, 7) is 1.65. The molecule has 0 saturated heterocycles. The minimum atomic E-state index is -4.67. The molecule has 72 valence electrons. The van der Waals surface area contributed by atoms with Gasteiger partial charge in [-0.05, 0) is 24.6 Å². The van der Waals surface area contributed by atoms with E-state index in [9.17, 15) is 17.4 Å². The van der Waals surface area contributed by atoms with Crippen molar-refractivity contribution in [2.75, 3.05) is 0 Å². The van der Waals surface area contributed by atoms with Gasteiger partial charge in [0.2, 0.25) is 0 Å². The van der Waals surface area contributed by atoms with Gasteiger partial charge in [-0.25, -0.2) is 4.21 Å². The first-order chi connectivity index (χ1) is 5.91. The second-order valence-electron chi connectivity index (χ2n) is 2.53. The van der Waals surface area contributed by atoms with Crippen LogP contribution in [0.25, 0.3) is 0 Å². The van der Waals surface area contributed by atoms with Crippen molar-refractivity contribution >= 4 is 10.8 Å². The quantitative estimate of drug-likeness (QED) is 0.693. The predicted octanol–water partition coefficient (Wildman–Crippen LogP) is 2.62. The highest BCUT2D eigenvalue weighted by atomic mass is 32.2. The van der Waals surface area contributed by atoms with Gasteiger partial charge in [-0.1, -0.05) is 12.1 Å². The highest BCUT2D eigenvalue weighted by Crippen LogP contribution is 2.26. The Hall–Kier alpha value is -0.840. The third-order valence-electron chi connectivity index (χ3n) is 1.41. The van der Waals surface area contributed by atoms with Crippen molar-refractivity contribution < 1.29 is 17.4 Å². The van der Waals surface area contributed by atoms with E-state index in [2.05, 4.69) is 0 Å². The normalized spacial score (nSPS) is 14.2. The number of halogens is 3. The van der Waals surface area contributed by atoms with Gasteiger partial charge in [-0.2, -0.15) is 13.2 Å². The minimum Gasteiger partial charge on any atom is -0.245 e. The molecule has 1 atom stereocenters. The second kappa shape index (κ2) is 3.49. The molecule has 0 unspecified atom stereocenters. The summed E-state index contributed by atoms with van der Waals surface area (Å²) >= 11 is 0. The van der Waals surface area contributed by atoms with Gasteiger partial charge in [-0.3, -0.25) is 0 Å². The van der Waals surface area contributed by atoms with Gasteiger partial charge in [0.1, 0.15) is 0 Å². The molecule has 1 aromatic rings. The molecule has 1 nitrogen and oxygen atoms in total. The van der Waals surface area contributed by atoms with Crippen LogP contribution in [0, 0.1) is 6.92 Å². The summed E-state index contributed by atoms with van der Waals surface area (Å²) in [6.07, 6.45) is 0. The monoisotopic (exact) mass is 208 g/mol. The molecule has 0 fully saturated rings. The Bertz CT molecular complexity index is 332. The zero-order valence-corrected chi connectivity index (χ0v) is 7.58. The van der Waals surface area contributed by atoms with E-state index >= 15 is 0 Å². The Kier molecular flexibility index (Phi) is 2.75. The Morgan fingerprint density at radius 2 is 1.92 bits per heavy atom. The number of hydrogen-bond donors (Lipinski definition) is 0. The second-order valence-corrected chi connectivity index (χ2v) is 4.00. The van der Waals surface area contributed by atoms with Crippen molar-refractivity contribution in [3.05, 3.63) is 29.8 Å². The lowest BCUT2D eigenvalue weighted by Gasteiger charge is -2.05. The predicted molar refractivity (Wildman–Crippen MR) is 43.6 cm³/mol. The van der Waals surface area contributed by atoms with Crippen molar-refractivity contribution in [2.24, 2.45) is 0 Å². The van der Waals surface area contributed by atoms with Gasteiger partial charge in [0.25, 0.3) is 0 Å². The number of rotatable bonds is 1. The van der Waals surface area contributed by atoms with Crippen LogP contribution < -0.4 is 0 Å². The fourth-order valence-corrected chi connectivity index (χ4v) is 1.63. The van der Waals surface area contributed by atoms with E-state index in [4.69, 9.17) is 0 Å². The fraction of sp³-hybridized carbons (Fsp3) is 0.250. The third-order valence-corrected chi connectivity index (χ3v) is 2.52. The average Bonchev–Trinajstić information content (AvgIpc) is 2.01. The van der Waals surface area contributed by atoms with E-state index in [-0.39, 0.29) is 4.90 Å². The maximum absolute atomic E-state index is 12.0. The van der Waals surface area contributed by atoms with Crippen LogP contribution in [0.2, 0.25) is 0 Å². The number of aryl methyl sites for hydroxylation is 1. The SMILES string of the molecule is Cc1cccc([S@](=O)C(F)(F)F)c1. The lowest BCUT2D eigenvalue weighted by Crippen LogP contribution is -2.16. The van der Waals surface area contributed by atoms with E-state index in [1.807, 2.05) is 0 Å². The summed E-state index contributed by atoms with van der Waals surface area (Å²) in [5.41, 5.74) is -4.01. The van der Waals surface area contributed by atoms with Crippen LogP contribution in [0.1, 0.15) is 5.56 Å². The highest BCUT2D eigenvalue weighted by Gasteiger charge is 2.37. The van der Waals surface area contributed by atoms with E-state index in [1.165, 1.54) is 18.2 Å². The first-order valence-corrected chi connectivity index (χ1v) is 4.61. The van der Waals surface area contributed by atoms with Crippen LogP contribution in [0.15, 0.2) is 29.2 Å². The molecule has 0 spiro atoms. The molecule has 0 radical (unpaired) electrons. The molecule has 0 aromatic heterocycles. The van der Waals surface area contributed by atoms with Crippen molar-refractivity contribution in [1.29, 1.82) is 0 Å². The topological polar surface area (TPSA) is 17.1 Å². The Labute approximate surface area is 76.0 Å². The first kappa shape index (κ1) is 10.2. The van der Waals surface area contributed by atoms with Crippen molar-refractivity contribution in [3.63, 3.8) is 0 Å². The van der Waals surface area contributed by atoms with Gasteiger partial charge < -0.3 is 0 Å². The standard InChI is InChI=1S/C8H7F3OS/c1-6-3-2-4-7(5-6)13(12)8(9,10)11/h2-5H,1H3/t13-/m0/s1. The maximum Gasteiger partial charge on any atom is 0.475 e. The lowest BCUT2D eigenvalue weighted by atomic mass is 10.2. The average molecular weight is 208 g/mol. The summed E-state index contributed by atoms with van der Waals surface area (Å²) in [5.74, 6) is 0. The smallest absolute Gasteiger partial charge is 0.245 e. The molecule has 0 amide bonds. The molecule has 0 bridgehead atoms. The van der Waals surface area contributed by atoms with E-state index < -0.39 is 16.3 Å². The van der Waals surface area contributed by atoms with Crippen molar-refractivity contribution in [2.45, 2.75) is 17.3 Å². The zero-order valence-electron chi connectivity index (χ0n) is 6.76. The molecule has 0 aliphatic rings. The third kappa shape index (κ3) is 2.55. The minimum absolute atomic E-state index is 0.201. The lowest BCUT2D eigenvalue weighted by molar-refractivity contribution is -0.0384. The van der Waals surface area contributed by atoms with Gasteiger partial charge in [0.05, 0.1) is 0 Å².